The minimum atomic E-state index is 0.553. The van der Waals surface area contributed by atoms with Gasteiger partial charge < -0.3 is 4.74 Å². The topological polar surface area (TPSA) is 56.1 Å². The number of imidazole rings is 1. The molecule has 8 aromatic rings. The Bertz CT molecular complexity index is 2460. The number of aromatic nitrogens is 4. The molecule has 6 nitrogen and oxygen atoms in total. The molecule has 0 bridgehead atoms. The molecule has 10 rings (SSSR count). The SMILES string of the molecule is c1ccc2c(c1)Oc1cccc3nc(N4c5ccccc5-c5ccccc5-n5c4nc4ccc6ccccc6c45)nc-2c13. The lowest BCUT2D eigenvalue weighted by Gasteiger charge is -2.25. The average molecular weight is 552 g/mol. The van der Waals surface area contributed by atoms with Crippen molar-refractivity contribution >= 4 is 50.3 Å². The maximum atomic E-state index is 6.28. The predicted octanol–water partition coefficient (Wildman–Crippen LogP) is 9.34. The summed E-state index contributed by atoms with van der Waals surface area (Å²) < 4.78 is 8.56. The van der Waals surface area contributed by atoms with Gasteiger partial charge in [0, 0.05) is 22.1 Å². The molecule has 0 N–H and O–H groups in total. The van der Waals surface area contributed by atoms with Gasteiger partial charge in [0.2, 0.25) is 11.9 Å². The average Bonchev–Trinajstić information content (AvgIpc) is 3.39. The number of fused-ring (bicyclic) bond motifs is 11. The molecule has 0 spiro atoms. The van der Waals surface area contributed by atoms with Crippen LogP contribution in [0.25, 0.3) is 60.8 Å². The van der Waals surface area contributed by atoms with E-state index in [1.54, 1.807) is 0 Å². The highest BCUT2D eigenvalue weighted by molar-refractivity contribution is 6.08. The highest BCUT2D eigenvalue weighted by atomic mass is 16.5. The maximum absolute atomic E-state index is 6.28. The fourth-order valence-electron chi connectivity index (χ4n) is 6.69. The normalized spacial score (nSPS) is 12.8. The van der Waals surface area contributed by atoms with E-state index in [9.17, 15) is 0 Å². The Hall–Kier alpha value is -6.01. The minimum Gasteiger partial charge on any atom is -0.456 e. The third-order valence-corrected chi connectivity index (χ3v) is 8.54. The highest BCUT2D eigenvalue weighted by Crippen LogP contribution is 2.50. The molecule has 0 saturated heterocycles. The summed E-state index contributed by atoms with van der Waals surface area (Å²) in [6, 6.07) is 43.8. The fraction of sp³-hybridized carbons (Fsp3) is 0. The van der Waals surface area contributed by atoms with E-state index in [-0.39, 0.29) is 0 Å². The van der Waals surface area contributed by atoms with Crippen molar-refractivity contribution < 1.29 is 4.74 Å². The van der Waals surface area contributed by atoms with Gasteiger partial charge in [0.1, 0.15) is 11.5 Å². The minimum absolute atomic E-state index is 0.553. The number of rotatable bonds is 1. The van der Waals surface area contributed by atoms with Crippen molar-refractivity contribution in [2.24, 2.45) is 0 Å². The number of anilines is 3. The van der Waals surface area contributed by atoms with Gasteiger partial charge in [-0.1, -0.05) is 84.9 Å². The second kappa shape index (κ2) is 8.27. The molecule has 6 heteroatoms. The van der Waals surface area contributed by atoms with Crippen LogP contribution in [0.5, 0.6) is 11.5 Å². The maximum Gasteiger partial charge on any atom is 0.238 e. The van der Waals surface area contributed by atoms with Crippen LogP contribution in [0, 0.1) is 0 Å². The first kappa shape index (κ1) is 22.7. The van der Waals surface area contributed by atoms with Crippen LogP contribution < -0.4 is 9.64 Å². The molecule has 2 aliphatic heterocycles. The van der Waals surface area contributed by atoms with Crippen LogP contribution in [0.3, 0.4) is 0 Å². The van der Waals surface area contributed by atoms with Crippen LogP contribution in [0.1, 0.15) is 0 Å². The molecule has 2 aliphatic rings. The third-order valence-electron chi connectivity index (χ3n) is 8.54. The molecule has 6 aromatic carbocycles. The summed E-state index contributed by atoms with van der Waals surface area (Å²) in [7, 11) is 0. The smallest absolute Gasteiger partial charge is 0.238 e. The van der Waals surface area contributed by atoms with Crippen LogP contribution >= 0.6 is 0 Å². The molecule has 0 saturated carbocycles. The fourth-order valence-corrected chi connectivity index (χ4v) is 6.69. The van der Waals surface area contributed by atoms with E-state index in [0.717, 1.165) is 78.5 Å². The van der Waals surface area contributed by atoms with Crippen molar-refractivity contribution in [1.82, 2.24) is 19.5 Å². The molecule has 0 amide bonds. The molecular weight excluding hydrogens is 530 g/mol. The van der Waals surface area contributed by atoms with E-state index in [1.807, 2.05) is 36.4 Å². The molecule has 0 fully saturated rings. The van der Waals surface area contributed by atoms with Crippen molar-refractivity contribution in [3.8, 4) is 39.6 Å². The monoisotopic (exact) mass is 551 g/mol. The van der Waals surface area contributed by atoms with Gasteiger partial charge in [-0.05, 0) is 47.9 Å². The first-order valence-electron chi connectivity index (χ1n) is 14.3. The predicted molar refractivity (Wildman–Crippen MR) is 171 cm³/mol. The second-order valence-corrected chi connectivity index (χ2v) is 10.9. The molecular formula is C37H21N5O. The zero-order valence-electron chi connectivity index (χ0n) is 22.8. The number of benzene rings is 6. The van der Waals surface area contributed by atoms with Gasteiger partial charge in [-0.25, -0.2) is 19.9 Å². The summed E-state index contributed by atoms with van der Waals surface area (Å²) >= 11 is 0. The molecule has 4 heterocycles. The standard InChI is InChI=1S/C37H21N5O/c1-2-11-23-22(10-1)20-21-28-35(23)41-29-16-6-3-12-24(29)25-13-4-7-17-30(25)42(37(41)39-28)36-38-27-15-9-19-32-33(27)34(40-36)26-14-5-8-18-31(26)43-32/h1-21H. The van der Waals surface area contributed by atoms with Gasteiger partial charge in [0.15, 0.2) is 0 Å². The van der Waals surface area contributed by atoms with Crippen LogP contribution in [0.2, 0.25) is 0 Å². The van der Waals surface area contributed by atoms with Crippen molar-refractivity contribution in [3.05, 3.63) is 127 Å². The lowest BCUT2D eigenvalue weighted by Crippen LogP contribution is -2.17. The van der Waals surface area contributed by atoms with Crippen LogP contribution in [-0.4, -0.2) is 19.5 Å². The Morgan fingerprint density at radius 3 is 2.14 bits per heavy atom. The Labute approximate surface area is 246 Å². The summed E-state index contributed by atoms with van der Waals surface area (Å²) in [5.74, 6) is 2.85. The van der Waals surface area contributed by atoms with E-state index >= 15 is 0 Å². The lowest BCUT2D eigenvalue weighted by atomic mass is 10.0. The van der Waals surface area contributed by atoms with Crippen molar-refractivity contribution in [1.29, 1.82) is 0 Å². The van der Waals surface area contributed by atoms with Crippen molar-refractivity contribution in [2.45, 2.75) is 0 Å². The Balaban J connectivity index is 1.37. The Morgan fingerprint density at radius 2 is 1.23 bits per heavy atom. The number of ether oxygens (including phenoxy) is 1. The van der Waals surface area contributed by atoms with Gasteiger partial charge in [-0.2, -0.15) is 0 Å². The zero-order valence-corrected chi connectivity index (χ0v) is 22.8. The molecule has 0 unspecified atom stereocenters. The van der Waals surface area contributed by atoms with Crippen LogP contribution in [-0.2, 0) is 0 Å². The highest BCUT2D eigenvalue weighted by Gasteiger charge is 2.32. The number of hydrogen-bond donors (Lipinski definition) is 0. The van der Waals surface area contributed by atoms with E-state index in [0.29, 0.717) is 5.95 Å². The van der Waals surface area contributed by atoms with Gasteiger partial charge in [0.25, 0.3) is 0 Å². The van der Waals surface area contributed by atoms with Crippen LogP contribution in [0.15, 0.2) is 127 Å². The van der Waals surface area contributed by atoms with Gasteiger partial charge in [-0.15, -0.1) is 0 Å². The second-order valence-electron chi connectivity index (χ2n) is 10.9. The Kier molecular flexibility index (Phi) is 4.36. The first-order valence-corrected chi connectivity index (χ1v) is 14.3. The van der Waals surface area contributed by atoms with Gasteiger partial charge >= 0.3 is 0 Å². The summed E-state index contributed by atoms with van der Waals surface area (Å²) in [6.07, 6.45) is 0. The van der Waals surface area contributed by atoms with Crippen molar-refractivity contribution in [3.63, 3.8) is 0 Å². The molecule has 0 atom stereocenters. The number of para-hydroxylation sites is 3. The molecule has 43 heavy (non-hydrogen) atoms. The zero-order chi connectivity index (χ0) is 28.1. The summed E-state index contributed by atoms with van der Waals surface area (Å²) in [5.41, 5.74) is 8.83. The number of hydrogen-bond acceptors (Lipinski definition) is 5. The summed E-state index contributed by atoms with van der Waals surface area (Å²) in [6.45, 7) is 0. The quantitative estimate of drug-likeness (QED) is 0.203. The van der Waals surface area contributed by atoms with E-state index in [1.165, 1.54) is 5.39 Å². The summed E-state index contributed by atoms with van der Waals surface area (Å²) in [5, 5.41) is 3.22. The Morgan fingerprint density at radius 1 is 0.512 bits per heavy atom. The molecule has 0 radical (unpaired) electrons. The van der Waals surface area contributed by atoms with E-state index in [2.05, 4.69) is 100 Å². The molecule has 0 aliphatic carbocycles. The summed E-state index contributed by atoms with van der Waals surface area (Å²) in [4.78, 5) is 17.9. The largest absolute Gasteiger partial charge is 0.456 e. The first-order chi connectivity index (χ1) is 21.3. The van der Waals surface area contributed by atoms with Crippen molar-refractivity contribution in [2.75, 3.05) is 4.90 Å². The van der Waals surface area contributed by atoms with E-state index < -0.39 is 0 Å². The lowest BCUT2D eigenvalue weighted by molar-refractivity contribution is 0.486. The van der Waals surface area contributed by atoms with Gasteiger partial charge in [0.05, 0.1) is 39.0 Å². The number of nitrogens with zero attached hydrogens (tertiary/aromatic N) is 5. The van der Waals surface area contributed by atoms with E-state index in [4.69, 9.17) is 19.7 Å². The molecule has 200 valence electrons. The molecule has 2 aromatic heterocycles. The van der Waals surface area contributed by atoms with Crippen LogP contribution in [0.4, 0.5) is 17.6 Å². The third kappa shape index (κ3) is 3.04. The van der Waals surface area contributed by atoms with Gasteiger partial charge in [-0.3, -0.25) is 4.57 Å².